The van der Waals surface area contributed by atoms with Crippen molar-refractivity contribution in [1.82, 2.24) is 9.97 Å². The van der Waals surface area contributed by atoms with Gasteiger partial charge in [0.25, 0.3) is 0 Å². The highest BCUT2D eigenvalue weighted by atomic mass is 15.2. The molecule has 4 nitrogen and oxygen atoms in total. The molecular formula is C13H22N4. The molecule has 0 aliphatic heterocycles. The molecule has 0 aromatic carbocycles. The molecule has 0 saturated heterocycles. The molecule has 1 N–H and O–H groups in total. The lowest BCUT2D eigenvalue weighted by Gasteiger charge is -2.18. The summed E-state index contributed by atoms with van der Waals surface area (Å²) in [5, 5.41) is 3.22. The molecule has 94 valence electrons. The van der Waals surface area contributed by atoms with E-state index in [0.717, 1.165) is 43.1 Å². The van der Waals surface area contributed by atoms with Gasteiger partial charge in [-0.15, -0.1) is 0 Å². The molecule has 1 aliphatic rings. The van der Waals surface area contributed by atoms with E-state index in [4.69, 9.17) is 0 Å². The predicted octanol–water partition coefficient (Wildman–Crippen LogP) is 2.39. The fourth-order valence-electron chi connectivity index (χ4n) is 1.98. The molecule has 1 aromatic heterocycles. The first-order valence-electron chi connectivity index (χ1n) is 6.48. The number of hydrogen-bond acceptors (Lipinski definition) is 4. The maximum absolute atomic E-state index is 4.52. The van der Waals surface area contributed by atoms with Crippen LogP contribution in [0.1, 0.15) is 26.7 Å². The van der Waals surface area contributed by atoms with Crippen LogP contribution >= 0.6 is 0 Å². The van der Waals surface area contributed by atoms with Gasteiger partial charge in [0.2, 0.25) is 5.95 Å². The highest BCUT2D eigenvalue weighted by molar-refractivity contribution is 5.41. The van der Waals surface area contributed by atoms with Crippen molar-refractivity contribution < 1.29 is 0 Å². The first-order valence-corrected chi connectivity index (χ1v) is 6.48. The zero-order valence-corrected chi connectivity index (χ0v) is 11.0. The number of anilines is 2. The van der Waals surface area contributed by atoms with Crippen LogP contribution in [0.3, 0.4) is 0 Å². The Morgan fingerprint density at radius 1 is 1.53 bits per heavy atom. The third-order valence-corrected chi connectivity index (χ3v) is 3.35. The lowest BCUT2D eigenvalue weighted by Crippen LogP contribution is -2.22. The monoisotopic (exact) mass is 234 g/mol. The van der Waals surface area contributed by atoms with Crippen LogP contribution in [-0.2, 0) is 0 Å². The Morgan fingerprint density at radius 3 is 2.94 bits per heavy atom. The summed E-state index contributed by atoms with van der Waals surface area (Å²) in [6.07, 6.45) is 4.27. The van der Waals surface area contributed by atoms with Crippen LogP contribution in [0.2, 0.25) is 0 Å². The van der Waals surface area contributed by atoms with Gasteiger partial charge < -0.3 is 10.2 Å². The Kier molecular flexibility index (Phi) is 3.82. The molecule has 4 heteroatoms. The van der Waals surface area contributed by atoms with Gasteiger partial charge in [0.05, 0.1) is 0 Å². The second-order valence-corrected chi connectivity index (χ2v) is 5.02. The van der Waals surface area contributed by atoms with E-state index in [-0.39, 0.29) is 0 Å². The molecule has 1 aliphatic carbocycles. The molecule has 1 fully saturated rings. The Bertz CT molecular complexity index is 366. The highest BCUT2D eigenvalue weighted by Gasteiger charge is 2.33. The fraction of sp³-hybridized carbons (Fsp3) is 0.692. The Hall–Kier alpha value is -1.32. The molecule has 1 heterocycles. The van der Waals surface area contributed by atoms with Crippen molar-refractivity contribution in [1.29, 1.82) is 0 Å². The van der Waals surface area contributed by atoms with Crippen molar-refractivity contribution in [2.24, 2.45) is 11.8 Å². The Morgan fingerprint density at radius 2 is 2.29 bits per heavy atom. The summed E-state index contributed by atoms with van der Waals surface area (Å²) >= 11 is 0. The average molecular weight is 234 g/mol. The summed E-state index contributed by atoms with van der Waals surface area (Å²) in [5.41, 5.74) is 0. The van der Waals surface area contributed by atoms with Crippen molar-refractivity contribution in [2.45, 2.75) is 26.7 Å². The average Bonchev–Trinajstić information content (AvgIpc) is 3.02. The minimum atomic E-state index is 0.736. The van der Waals surface area contributed by atoms with Gasteiger partial charge in [-0.2, -0.15) is 4.98 Å². The van der Waals surface area contributed by atoms with Gasteiger partial charge in [-0.1, -0.05) is 13.8 Å². The van der Waals surface area contributed by atoms with E-state index < -0.39 is 0 Å². The molecule has 0 amide bonds. The van der Waals surface area contributed by atoms with E-state index in [1.165, 1.54) is 6.42 Å². The third kappa shape index (κ3) is 3.32. The van der Waals surface area contributed by atoms with Gasteiger partial charge in [0, 0.05) is 26.3 Å². The lowest BCUT2D eigenvalue weighted by molar-refractivity contribution is 0.718. The molecule has 2 unspecified atom stereocenters. The zero-order valence-electron chi connectivity index (χ0n) is 11.0. The van der Waals surface area contributed by atoms with Gasteiger partial charge in [-0.05, 0) is 30.7 Å². The number of aromatic nitrogens is 2. The zero-order chi connectivity index (χ0) is 12.3. The number of nitrogens with one attached hydrogen (secondary N) is 1. The van der Waals surface area contributed by atoms with Gasteiger partial charge >= 0.3 is 0 Å². The topological polar surface area (TPSA) is 41.1 Å². The highest BCUT2D eigenvalue weighted by Crippen LogP contribution is 2.38. The summed E-state index contributed by atoms with van der Waals surface area (Å²) in [7, 11) is 2.11. The van der Waals surface area contributed by atoms with Gasteiger partial charge in [-0.3, -0.25) is 0 Å². The maximum Gasteiger partial charge on any atom is 0.224 e. The molecule has 1 saturated carbocycles. The Balaban J connectivity index is 1.94. The molecule has 2 atom stereocenters. The number of nitrogens with zero attached hydrogens (tertiary/aromatic N) is 3. The third-order valence-electron chi connectivity index (χ3n) is 3.35. The van der Waals surface area contributed by atoms with Crippen LogP contribution in [0.15, 0.2) is 12.3 Å². The van der Waals surface area contributed by atoms with E-state index in [0.29, 0.717) is 0 Å². The van der Waals surface area contributed by atoms with Crippen LogP contribution in [-0.4, -0.2) is 30.1 Å². The van der Waals surface area contributed by atoms with Crippen molar-refractivity contribution >= 4 is 11.8 Å². The molecule has 0 spiro atoms. The van der Waals surface area contributed by atoms with Crippen molar-refractivity contribution in [3.05, 3.63) is 12.3 Å². The van der Waals surface area contributed by atoms with Crippen LogP contribution in [0, 0.1) is 11.8 Å². The second-order valence-electron chi connectivity index (χ2n) is 5.02. The first-order chi connectivity index (χ1) is 8.20. The second kappa shape index (κ2) is 5.34. The fourth-order valence-corrected chi connectivity index (χ4v) is 1.98. The minimum Gasteiger partial charge on any atom is -0.359 e. The summed E-state index contributed by atoms with van der Waals surface area (Å²) in [6, 6.07) is 1.98. The standard InChI is InChI=1S/C13H22N4/c1-4-6-14-13-15-7-5-12(16-13)17(3)9-11-8-10(11)2/h5,7,10-11H,4,6,8-9H2,1-3H3,(H,14,15,16). The quantitative estimate of drug-likeness (QED) is 0.820. The molecule has 17 heavy (non-hydrogen) atoms. The van der Waals surface area contributed by atoms with Crippen molar-refractivity contribution in [2.75, 3.05) is 30.4 Å². The summed E-state index contributed by atoms with van der Waals surface area (Å²) in [6.45, 7) is 6.47. The molecular weight excluding hydrogens is 212 g/mol. The lowest BCUT2D eigenvalue weighted by atomic mass is 10.3. The van der Waals surface area contributed by atoms with Crippen LogP contribution < -0.4 is 10.2 Å². The first kappa shape index (κ1) is 12.1. The van der Waals surface area contributed by atoms with Gasteiger partial charge in [-0.25, -0.2) is 4.98 Å². The van der Waals surface area contributed by atoms with Crippen molar-refractivity contribution in [3.8, 4) is 0 Å². The Labute approximate surface area is 103 Å². The van der Waals surface area contributed by atoms with Crippen molar-refractivity contribution in [3.63, 3.8) is 0 Å². The molecule has 1 aromatic rings. The largest absolute Gasteiger partial charge is 0.359 e. The van der Waals surface area contributed by atoms with E-state index in [2.05, 4.69) is 41.1 Å². The van der Waals surface area contributed by atoms with Gasteiger partial charge in [0.1, 0.15) is 5.82 Å². The molecule has 0 radical (unpaired) electrons. The smallest absolute Gasteiger partial charge is 0.224 e. The van der Waals surface area contributed by atoms with Gasteiger partial charge in [0.15, 0.2) is 0 Å². The van der Waals surface area contributed by atoms with Crippen LogP contribution in [0.5, 0.6) is 0 Å². The molecule has 0 bridgehead atoms. The van der Waals surface area contributed by atoms with E-state index in [9.17, 15) is 0 Å². The SMILES string of the molecule is CCCNc1nccc(N(C)CC2CC2C)n1. The summed E-state index contributed by atoms with van der Waals surface area (Å²) in [4.78, 5) is 11.0. The number of hydrogen-bond donors (Lipinski definition) is 1. The van der Waals surface area contributed by atoms with Crippen LogP contribution in [0.4, 0.5) is 11.8 Å². The summed E-state index contributed by atoms with van der Waals surface area (Å²) in [5.74, 6) is 3.48. The normalized spacial score (nSPS) is 22.3. The van der Waals surface area contributed by atoms with E-state index in [1.54, 1.807) is 0 Å². The minimum absolute atomic E-state index is 0.736. The molecule has 2 rings (SSSR count). The maximum atomic E-state index is 4.52. The predicted molar refractivity (Wildman–Crippen MR) is 71.4 cm³/mol. The van der Waals surface area contributed by atoms with Crippen LogP contribution in [0.25, 0.3) is 0 Å². The number of rotatable bonds is 6. The summed E-state index contributed by atoms with van der Waals surface area (Å²) < 4.78 is 0. The van der Waals surface area contributed by atoms with E-state index >= 15 is 0 Å². The van der Waals surface area contributed by atoms with E-state index in [1.807, 2.05) is 12.3 Å².